The second-order valence-corrected chi connectivity index (χ2v) is 8.85. The molecule has 0 spiro atoms. The monoisotopic (exact) mass is 519 g/mol. The number of thioether (sulfide) groups is 1. The highest BCUT2D eigenvalue weighted by Crippen LogP contribution is 2.41. The summed E-state index contributed by atoms with van der Waals surface area (Å²) in [5, 5.41) is 12.2. The van der Waals surface area contributed by atoms with Gasteiger partial charge in [0.2, 0.25) is 5.75 Å². The lowest BCUT2D eigenvalue weighted by atomic mass is 10.1. The zero-order chi connectivity index (χ0) is 26.4. The highest BCUT2D eigenvalue weighted by molar-refractivity contribution is 8.18. The van der Waals surface area contributed by atoms with E-state index in [9.17, 15) is 14.9 Å². The van der Waals surface area contributed by atoms with E-state index in [1.807, 2.05) is 54.6 Å². The molecule has 1 aliphatic rings. The van der Waals surface area contributed by atoms with Crippen LogP contribution in [0.25, 0.3) is 6.08 Å². The van der Waals surface area contributed by atoms with E-state index in [-0.39, 0.29) is 23.1 Å². The molecule has 0 N–H and O–H groups in total. The summed E-state index contributed by atoms with van der Waals surface area (Å²) in [5.74, 6) is 0.726. The zero-order valence-corrected chi connectivity index (χ0v) is 21.4. The predicted molar refractivity (Wildman–Crippen MR) is 143 cm³/mol. The number of nitrogens with zero attached hydrogens (tertiary/aromatic N) is 3. The van der Waals surface area contributed by atoms with Gasteiger partial charge in [-0.05, 0) is 66.2 Å². The van der Waals surface area contributed by atoms with E-state index in [1.165, 1.54) is 24.9 Å². The zero-order valence-electron chi connectivity index (χ0n) is 20.5. The van der Waals surface area contributed by atoms with Crippen LogP contribution in [0.2, 0.25) is 0 Å². The van der Waals surface area contributed by atoms with E-state index in [1.54, 1.807) is 31.1 Å². The van der Waals surface area contributed by atoms with Crippen molar-refractivity contribution in [2.24, 2.45) is 4.99 Å². The van der Waals surface area contributed by atoms with Crippen LogP contribution in [0, 0.1) is 10.1 Å². The smallest absolute Gasteiger partial charge is 0.315 e. The number of carbonyl (C=O) groups excluding carboxylic acids is 1. The minimum absolute atomic E-state index is 0.0341. The van der Waals surface area contributed by atoms with Crippen LogP contribution in [0.1, 0.15) is 18.1 Å². The summed E-state index contributed by atoms with van der Waals surface area (Å²) in [7, 11) is 2.94. The van der Waals surface area contributed by atoms with Gasteiger partial charge in [-0.1, -0.05) is 30.3 Å². The van der Waals surface area contributed by atoms with Crippen LogP contribution in [-0.4, -0.2) is 41.7 Å². The van der Waals surface area contributed by atoms with Gasteiger partial charge in [0, 0.05) is 6.07 Å². The van der Waals surface area contributed by atoms with Crippen molar-refractivity contribution in [2.75, 3.05) is 20.8 Å². The van der Waals surface area contributed by atoms with Gasteiger partial charge in [0.1, 0.15) is 5.75 Å². The van der Waals surface area contributed by atoms with Crippen LogP contribution < -0.4 is 14.2 Å². The second kappa shape index (κ2) is 11.6. The van der Waals surface area contributed by atoms with Crippen molar-refractivity contribution in [3.05, 3.63) is 92.9 Å². The van der Waals surface area contributed by atoms with Crippen LogP contribution in [0.3, 0.4) is 0 Å². The number of amidine groups is 1. The first-order valence-electron chi connectivity index (χ1n) is 11.4. The Morgan fingerprint density at radius 3 is 2.41 bits per heavy atom. The van der Waals surface area contributed by atoms with Gasteiger partial charge in [0.05, 0.1) is 42.9 Å². The Bertz CT molecular complexity index is 1360. The molecule has 0 atom stereocenters. The molecular weight excluding hydrogens is 494 g/mol. The SMILES string of the molecule is CCOc1cc(/C=C2\SC(=Nc3ccccc3)N(Cc3ccc(OC)cc3)C2=O)cc([N+](=O)[O-])c1OC. The highest BCUT2D eigenvalue weighted by atomic mass is 32.2. The number of carbonyl (C=O) groups is 1. The summed E-state index contributed by atoms with van der Waals surface area (Å²) in [6.45, 7) is 2.37. The molecule has 1 amide bonds. The molecule has 1 fully saturated rings. The van der Waals surface area contributed by atoms with Crippen molar-refractivity contribution < 1.29 is 23.9 Å². The number of amides is 1. The lowest BCUT2D eigenvalue weighted by molar-refractivity contribution is -0.385. The third-order valence-electron chi connectivity index (χ3n) is 5.42. The topological polar surface area (TPSA) is 104 Å². The summed E-state index contributed by atoms with van der Waals surface area (Å²) in [5.41, 5.74) is 1.80. The fourth-order valence-electron chi connectivity index (χ4n) is 3.70. The second-order valence-electron chi connectivity index (χ2n) is 7.84. The molecule has 1 heterocycles. The molecule has 0 aliphatic carbocycles. The van der Waals surface area contributed by atoms with Crippen molar-refractivity contribution in [1.29, 1.82) is 0 Å². The van der Waals surface area contributed by atoms with Gasteiger partial charge < -0.3 is 14.2 Å². The molecule has 0 aromatic heterocycles. The minimum Gasteiger partial charge on any atom is -0.497 e. The summed E-state index contributed by atoms with van der Waals surface area (Å²) in [6.07, 6.45) is 1.61. The molecule has 0 bridgehead atoms. The van der Waals surface area contributed by atoms with Crippen LogP contribution >= 0.6 is 11.8 Å². The first kappa shape index (κ1) is 25.8. The number of aliphatic imine (C=N–C) groups is 1. The Labute approximate surface area is 218 Å². The molecular formula is C27H25N3O6S. The van der Waals surface area contributed by atoms with E-state index in [2.05, 4.69) is 0 Å². The van der Waals surface area contributed by atoms with Crippen LogP contribution in [0.5, 0.6) is 17.2 Å². The van der Waals surface area contributed by atoms with Crippen LogP contribution in [-0.2, 0) is 11.3 Å². The number of para-hydroxylation sites is 1. The van der Waals surface area contributed by atoms with Crippen LogP contribution in [0.4, 0.5) is 11.4 Å². The maximum absolute atomic E-state index is 13.5. The molecule has 10 heteroatoms. The Morgan fingerprint density at radius 2 is 1.78 bits per heavy atom. The highest BCUT2D eigenvalue weighted by Gasteiger charge is 2.34. The third-order valence-corrected chi connectivity index (χ3v) is 6.43. The number of hydrogen-bond acceptors (Lipinski definition) is 8. The summed E-state index contributed by atoms with van der Waals surface area (Å²) < 4.78 is 16.0. The molecule has 4 rings (SSSR count). The predicted octanol–water partition coefficient (Wildman–Crippen LogP) is 5.81. The number of nitro benzene ring substituents is 1. The largest absolute Gasteiger partial charge is 0.497 e. The van der Waals surface area contributed by atoms with Gasteiger partial charge in [0.25, 0.3) is 5.91 Å². The van der Waals surface area contributed by atoms with Gasteiger partial charge in [-0.2, -0.15) is 0 Å². The molecule has 3 aromatic carbocycles. The average molecular weight is 520 g/mol. The number of methoxy groups -OCH3 is 2. The van der Waals surface area contributed by atoms with Crippen molar-refractivity contribution in [3.63, 3.8) is 0 Å². The fraction of sp³-hybridized carbons (Fsp3) is 0.185. The van der Waals surface area contributed by atoms with E-state index in [4.69, 9.17) is 19.2 Å². The number of hydrogen-bond donors (Lipinski definition) is 0. The molecule has 1 aliphatic heterocycles. The van der Waals surface area contributed by atoms with Gasteiger partial charge in [-0.3, -0.25) is 19.8 Å². The Balaban J connectivity index is 1.74. The van der Waals surface area contributed by atoms with E-state index < -0.39 is 4.92 Å². The molecule has 37 heavy (non-hydrogen) atoms. The minimum atomic E-state index is -0.536. The first-order chi connectivity index (χ1) is 17.9. The lowest BCUT2D eigenvalue weighted by Crippen LogP contribution is -2.28. The molecule has 0 saturated carbocycles. The van der Waals surface area contributed by atoms with E-state index >= 15 is 0 Å². The van der Waals surface area contributed by atoms with Crippen LogP contribution in [0.15, 0.2) is 76.6 Å². The van der Waals surface area contributed by atoms with Gasteiger partial charge >= 0.3 is 5.69 Å². The fourth-order valence-corrected chi connectivity index (χ4v) is 4.70. The number of rotatable bonds is 9. The Morgan fingerprint density at radius 1 is 1.05 bits per heavy atom. The third kappa shape index (κ3) is 5.92. The van der Waals surface area contributed by atoms with Crippen molar-refractivity contribution in [1.82, 2.24) is 4.90 Å². The van der Waals surface area contributed by atoms with Gasteiger partial charge in [0.15, 0.2) is 10.9 Å². The number of nitro groups is 1. The summed E-state index contributed by atoms with van der Waals surface area (Å²) in [4.78, 5) is 31.4. The van der Waals surface area contributed by atoms with Gasteiger partial charge in [-0.25, -0.2) is 4.99 Å². The molecule has 3 aromatic rings. The Hall–Kier alpha value is -4.31. The molecule has 0 unspecified atom stereocenters. The molecule has 0 radical (unpaired) electrons. The maximum Gasteiger partial charge on any atom is 0.315 e. The van der Waals surface area contributed by atoms with E-state index in [0.717, 1.165) is 11.3 Å². The molecule has 9 nitrogen and oxygen atoms in total. The van der Waals surface area contributed by atoms with Crippen molar-refractivity contribution >= 4 is 40.3 Å². The molecule has 1 saturated heterocycles. The lowest BCUT2D eigenvalue weighted by Gasteiger charge is -2.16. The maximum atomic E-state index is 13.5. The quantitative estimate of drug-likeness (QED) is 0.199. The summed E-state index contributed by atoms with van der Waals surface area (Å²) >= 11 is 1.21. The number of ether oxygens (including phenoxy) is 3. The normalized spacial score (nSPS) is 15.3. The number of benzene rings is 3. The van der Waals surface area contributed by atoms with Crippen molar-refractivity contribution in [3.8, 4) is 17.2 Å². The standard InChI is InChI=1S/C27H25N3O6S/c1-4-36-23-15-19(14-22(30(32)33)25(23)35-3)16-24-26(31)29(17-18-10-12-21(34-2)13-11-18)27(37-24)28-20-8-6-5-7-9-20/h5-16H,4,17H2,1-3H3/b24-16-,28-27?. The Kier molecular flexibility index (Phi) is 8.09. The average Bonchev–Trinajstić information content (AvgIpc) is 3.18. The van der Waals surface area contributed by atoms with Crippen molar-refractivity contribution in [2.45, 2.75) is 13.5 Å². The molecule has 190 valence electrons. The van der Waals surface area contributed by atoms with E-state index in [0.29, 0.717) is 34.5 Å². The van der Waals surface area contributed by atoms with Gasteiger partial charge in [-0.15, -0.1) is 0 Å². The first-order valence-corrected chi connectivity index (χ1v) is 12.2. The summed E-state index contributed by atoms with van der Waals surface area (Å²) in [6, 6.07) is 19.8.